The number of hydrogen-bond acceptors (Lipinski definition) is 5. The highest BCUT2D eigenvalue weighted by Crippen LogP contribution is 2.33. The van der Waals surface area contributed by atoms with Crippen LogP contribution in [0.15, 0.2) is 77.7 Å². The Hall–Kier alpha value is -3.11. The van der Waals surface area contributed by atoms with Crippen LogP contribution in [-0.2, 0) is 16.1 Å². The third-order valence-corrected chi connectivity index (χ3v) is 6.58. The first-order valence-corrected chi connectivity index (χ1v) is 12.4. The number of rotatable bonds is 7. The number of amides is 3. The van der Waals surface area contributed by atoms with Crippen LogP contribution in [0.3, 0.4) is 0 Å². The molecule has 1 aliphatic heterocycles. The summed E-state index contributed by atoms with van der Waals surface area (Å²) in [5, 5.41) is 2.50. The molecule has 34 heavy (non-hydrogen) atoms. The number of carbonyl (C=O) groups excluding carboxylic acids is 3. The smallest absolute Gasteiger partial charge is 0.293 e. The fraction of sp³-hybridized carbons (Fsp3) is 0.115. The van der Waals surface area contributed by atoms with Crippen LogP contribution in [0.25, 0.3) is 6.08 Å². The molecule has 4 rings (SSSR count). The van der Waals surface area contributed by atoms with Crippen LogP contribution in [0.5, 0.6) is 5.75 Å². The Labute approximate surface area is 215 Å². The Morgan fingerprint density at radius 1 is 1.06 bits per heavy atom. The van der Waals surface area contributed by atoms with Gasteiger partial charge in [0.25, 0.3) is 17.1 Å². The van der Waals surface area contributed by atoms with Crippen LogP contribution in [0, 0.1) is 10.5 Å². The van der Waals surface area contributed by atoms with E-state index in [1.165, 1.54) is 4.90 Å². The highest BCUT2D eigenvalue weighted by atomic mass is 127. The number of carbonyl (C=O) groups is 3. The number of aryl methyl sites for hydroxylation is 1. The van der Waals surface area contributed by atoms with Crippen molar-refractivity contribution in [3.8, 4) is 5.75 Å². The van der Waals surface area contributed by atoms with Gasteiger partial charge in [0.2, 0.25) is 0 Å². The summed E-state index contributed by atoms with van der Waals surface area (Å²) >= 11 is 3.13. The molecule has 0 aliphatic carbocycles. The number of hydrogen-bond donors (Lipinski definition) is 1. The van der Waals surface area contributed by atoms with E-state index in [0.717, 1.165) is 26.5 Å². The van der Waals surface area contributed by atoms with Crippen molar-refractivity contribution in [2.75, 3.05) is 11.9 Å². The van der Waals surface area contributed by atoms with Crippen LogP contribution in [0.2, 0.25) is 0 Å². The molecule has 8 heteroatoms. The Morgan fingerprint density at radius 3 is 2.59 bits per heavy atom. The van der Waals surface area contributed by atoms with Gasteiger partial charge in [0.05, 0.1) is 11.4 Å². The quantitative estimate of drug-likeness (QED) is 0.279. The minimum absolute atomic E-state index is 0.149. The second-order valence-electron chi connectivity index (χ2n) is 7.67. The molecule has 172 valence electrons. The Morgan fingerprint density at radius 2 is 1.82 bits per heavy atom. The van der Waals surface area contributed by atoms with E-state index in [4.69, 9.17) is 4.74 Å². The van der Waals surface area contributed by atoms with Gasteiger partial charge in [-0.1, -0.05) is 36.4 Å². The van der Waals surface area contributed by atoms with Gasteiger partial charge in [0, 0.05) is 9.26 Å². The second kappa shape index (κ2) is 10.9. The molecule has 0 bridgehead atoms. The van der Waals surface area contributed by atoms with E-state index in [2.05, 4.69) is 27.9 Å². The predicted octanol–water partition coefficient (Wildman–Crippen LogP) is 5.85. The molecule has 1 fully saturated rings. The van der Waals surface area contributed by atoms with E-state index in [-0.39, 0.29) is 30.2 Å². The van der Waals surface area contributed by atoms with Gasteiger partial charge in [-0.2, -0.15) is 0 Å². The lowest BCUT2D eigenvalue weighted by Crippen LogP contribution is -2.27. The van der Waals surface area contributed by atoms with Crippen LogP contribution >= 0.6 is 34.4 Å². The van der Waals surface area contributed by atoms with Crippen LogP contribution in [-0.4, -0.2) is 28.6 Å². The zero-order valence-electron chi connectivity index (χ0n) is 18.3. The number of imide groups is 1. The third-order valence-electron chi connectivity index (χ3n) is 4.96. The van der Waals surface area contributed by atoms with Crippen molar-refractivity contribution in [2.24, 2.45) is 0 Å². The van der Waals surface area contributed by atoms with E-state index >= 15 is 0 Å². The third kappa shape index (κ3) is 6.27. The summed E-state index contributed by atoms with van der Waals surface area (Å²) in [4.78, 5) is 39.0. The first kappa shape index (κ1) is 24.0. The predicted molar refractivity (Wildman–Crippen MR) is 142 cm³/mol. The van der Waals surface area contributed by atoms with Gasteiger partial charge < -0.3 is 10.1 Å². The van der Waals surface area contributed by atoms with Crippen LogP contribution in [0.1, 0.15) is 16.7 Å². The standard InChI is InChI=1S/C26H21IN2O4S/c1-17-4-2-6-21(12-17)28-24(30)16-33-22-7-3-5-19(13-22)14-23-25(31)29(26(32)34-23)15-18-8-10-20(27)11-9-18/h2-14H,15-16H2,1H3,(H,28,30)/b23-14-. The molecule has 3 aromatic carbocycles. The summed E-state index contributed by atoms with van der Waals surface area (Å²) < 4.78 is 6.71. The Bertz CT molecular complexity index is 1270. The Balaban J connectivity index is 1.38. The molecular weight excluding hydrogens is 563 g/mol. The summed E-state index contributed by atoms with van der Waals surface area (Å²) in [5.41, 5.74) is 3.36. The normalized spacial score (nSPS) is 14.5. The lowest BCUT2D eigenvalue weighted by atomic mass is 10.2. The van der Waals surface area contributed by atoms with Gasteiger partial charge in [-0.25, -0.2) is 0 Å². The molecule has 3 amide bonds. The summed E-state index contributed by atoms with van der Waals surface area (Å²) in [6.07, 6.45) is 1.67. The monoisotopic (exact) mass is 584 g/mol. The van der Waals surface area contributed by atoms with Gasteiger partial charge in [0.1, 0.15) is 5.75 Å². The lowest BCUT2D eigenvalue weighted by Gasteiger charge is -2.12. The molecule has 0 atom stereocenters. The molecule has 6 nitrogen and oxygen atoms in total. The second-order valence-corrected chi connectivity index (χ2v) is 9.91. The van der Waals surface area contributed by atoms with Gasteiger partial charge in [-0.15, -0.1) is 0 Å². The van der Waals surface area contributed by atoms with Crippen molar-refractivity contribution in [3.05, 3.63) is 98.0 Å². The number of thioether (sulfide) groups is 1. The minimum atomic E-state index is -0.322. The molecule has 0 saturated carbocycles. The van der Waals surface area contributed by atoms with Crippen LogP contribution < -0.4 is 10.1 Å². The molecule has 1 heterocycles. The number of nitrogens with one attached hydrogen (secondary N) is 1. The average molecular weight is 584 g/mol. The minimum Gasteiger partial charge on any atom is -0.484 e. The molecule has 0 radical (unpaired) electrons. The zero-order chi connectivity index (χ0) is 24.1. The van der Waals surface area contributed by atoms with Crippen LogP contribution in [0.4, 0.5) is 10.5 Å². The van der Waals surface area contributed by atoms with Crippen molar-refractivity contribution in [1.29, 1.82) is 0 Å². The molecular formula is C26H21IN2O4S. The van der Waals surface area contributed by atoms with Crippen molar-refractivity contribution < 1.29 is 19.1 Å². The SMILES string of the molecule is Cc1cccc(NC(=O)COc2cccc(/C=C3\SC(=O)N(Cc4ccc(I)cc4)C3=O)c2)c1. The fourth-order valence-electron chi connectivity index (χ4n) is 3.32. The van der Waals surface area contributed by atoms with E-state index in [9.17, 15) is 14.4 Å². The number of ether oxygens (including phenoxy) is 1. The average Bonchev–Trinajstić information content (AvgIpc) is 3.07. The van der Waals surface area contributed by atoms with Crippen molar-refractivity contribution in [2.45, 2.75) is 13.5 Å². The van der Waals surface area contributed by atoms with E-state index < -0.39 is 0 Å². The zero-order valence-corrected chi connectivity index (χ0v) is 21.3. The molecule has 0 unspecified atom stereocenters. The first-order valence-electron chi connectivity index (χ1n) is 10.5. The Kier molecular flexibility index (Phi) is 7.69. The lowest BCUT2D eigenvalue weighted by molar-refractivity contribution is -0.123. The largest absolute Gasteiger partial charge is 0.484 e. The molecule has 0 spiro atoms. The topological polar surface area (TPSA) is 75.7 Å². The maximum Gasteiger partial charge on any atom is 0.293 e. The van der Waals surface area contributed by atoms with Crippen molar-refractivity contribution >= 4 is 63.2 Å². The van der Waals surface area contributed by atoms with Crippen molar-refractivity contribution in [3.63, 3.8) is 0 Å². The molecule has 1 saturated heterocycles. The maximum atomic E-state index is 12.8. The van der Waals surface area contributed by atoms with Gasteiger partial charge in [-0.3, -0.25) is 19.3 Å². The maximum absolute atomic E-state index is 12.8. The van der Waals surface area contributed by atoms with E-state index in [1.54, 1.807) is 24.3 Å². The summed E-state index contributed by atoms with van der Waals surface area (Å²) in [5.74, 6) is -0.101. The first-order chi connectivity index (χ1) is 16.4. The number of anilines is 1. The van der Waals surface area contributed by atoms with Gasteiger partial charge >= 0.3 is 0 Å². The fourth-order valence-corrected chi connectivity index (χ4v) is 4.52. The highest BCUT2D eigenvalue weighted by molar-refractivity contribution is 14.1. The summed E-state index contributed by atoms with van der Waals surface area (Å²) in [6, 6.07) is 22.3. The van der Waals surface area contributed by atoms with Crippen molar-refractivity contribution in [1.82, 2.24) is 4.90 Å². The molecule has 3 aromatic rings. The van der Waals surface area contributed by atoms with E-state index in [0.29, 0.717) is 21.9 Å². The number of benzene rings is 3. The highest BCUT2D eigenvalue weighted by Gasteiger charge is 2.34. The summed E-state index contributed by atoms with van der Waals surface area (Å²) in [6.45, 7) is 2.04. The van der Waals surface area contributed by atoms with Gasteiger partial charge in [-0.05, 0) is 100 Å². The molecule has 0 aromatic heterocycles. The molecule has 1 aliphatic rings. The van der Waals surface area contributed by atoms with E-state index in [1.807, 2.05) is 61.5 Å². The number of nitrogens with zero attached hydrogens (tertiary/aromatic N) is 1. The number of halogens is 1. The molecule has 1 N–H and O–H groups in total. The summed E-state index contributed by atoms with van der Waals surface area (Å²) in [7, 11) is 0. The van der Waals surface area contributed by atoms with Gasteiger partial charge in [0.15, 0.2) is 6.61 Å².